The minimum atomic E-state index is -0.437. The number of aliphatic hydroxyl groups excluding tert-OH is 1. The van der Waals surface area contributed by atoms with E-state index in [4.69, 9.17) is 5.26 Å². The molecule has 5 heteroatoms. The predicted octanol–water partition coefficient (Wildman–Crippen LogP) is 1.17. The van der Waals surface area contributed by atoms with E-state index in [9.17, 15) is 5.11 Å². The predicted molar refractivity (Wildman–Crippen MR) is 60.7 cm³/mol. The zero-order valence-electron chi connectivity index (χ0n) is 9.51. The van der Waals surface area contributed by atoms with Crippen LogP contribution in [-0.4, -0.2) is 27.7 Å². The van der Waals surface area contributed by atoms with Gasteiger partial charge < -0.3 is 10.4 Å². The van der Waals surface area contributed by atoms with Gasteiger partial charge in [-0.3, -0.25) is 0 Å². The number of hydrogen-bond donors (Lipinski definition) is 2. The van der Waals surface area contributed by atoms with Crippen LogP contribution in [0.4, 0.5) is 5.82 Å². The summed E-state index contributed by atoms with van der Waals surface area (Å²) in [6.07, 6.45) is 3.26. The second kappa shape index (κ2) is 6.03. The van der Waals surface area contributed by atoms with Crippen LogP contribution in [0.3, 0.4) is 0 Å². The Balaban J connectivity index is 2.52. The van der Waals surface area contributed by atoms with Gasteiger partial charge in [0, 0.05) is 18.9 Å². The Bertz CT molecular complexity index is 372. The third-order valence-corrected chi connectivity index (χ3v) is 2.05. The Labute approximate surface area is 95.2 Å². The van der Waals surface area contributed by atoms with Gasteiger partial charge >= 0.3 is 0 Å². The van der Waals surface area contributed by atoms with E-state index in [2.05, 4.69) is 15.3 Å². The number of aliphatic hydroxyl groups is 1. The Morgan fingerprint density at radius 1 is 1.44 bits per heavy atom. The molecule has 1 aromatic rings. The number of hydrogen-bond acceptors (Lipinski definition) is 5. The number of nitrogens with zero attached hydrogens (tertiary/aromatic N) is 3. The molecule has 1 unspecified atom stereocenters. The van der Waals surface area contributed by atoms with Crippen molar-refractivity contribution in [2.75, 3.05) is 11.9 Å². The molecule has 0 aliphatic heterocycles. The molecule has 0 aromatic carbocycles. The van der Waals surface area contributed by atoms with Crippen LogP contribution in [0.15, 0.2) is 12.4 Å². The molecular weight excluding hydrogens is 204 g/mol. The molecule has 0 spiro atoms. The van der Waals surface area contributed by atoms with E-state index in [1.807, 2.05) is 19.9 Å². The van der Waals surface area contributed by atoms with Gasteiger partial charge in [0.2, 0.25) is 0 Å². The van der Waals surface area contributed by atoms with E-state index in [1.54, 1.807) is 0 Å². The van der Waals surface area contributed by atoms with Gasteiger partial charge in [-0.2, -0.15) is 5.26 Å². The average molecular weight is 220 g/mol. The van der Waals surface area contributed by atoms with Gasteiger partial charge in [-0.25, -0.2) is 9.97 Å². The minimum Gasteiger partial charge on any atom is -0.391 e. The van der Waals surface area contributed by atoms with Crippen LogP contribution in [0.2, 0.25) is 0 Å². The molecule has 0 aliphatic rings. The number of rotatable bonds is 5. The van der Waals surface area contributed by atoms with E-state index < -0.39 is 6.10 Å². The lowest BCUT2D eigenvalue weighted by molar-refractivity contribution is 0.161. The lowest BCUT2D eigenvalue weighted by atomic mass is 10.1. The summed E-state index contributed by atoms with van der Waals surface area (Å²) in [5.41, 5.74) is 0.249. The van der Waals surface area contributed by atoms with Crippen molar-refractivity contribution in [2.45, 2.75) is 26.4 Å². The number of nitriles is 1. The summed E-state index contributed by atoms with van der Waals surface area (Å²) < 4.78 is 0. The fourth-order valence-corrected chi connectivity index (χ4v) is 1.39. The standard InChI is InChI=1S/C11H16N4O/c1-8(2)5-9(16)7-15-11-10(6-12)13-3-4-14-11/h3-4,8-9,16H,5,7H2,1-2H3,(H,14,15). The molecule has 16 heavy (non-hydrogen) atoms. The molecule has 2 N–H and O–H groups in total. The molecule has 0 fully saturated rings. The van der Waals surface area contributed by atoms with E-state index in [-0.39, 0.29) is 5.69 Å². The highest BCUT2D eigenvalue weighted by molar-refractivity contribution is 5.46. The lowest BCUT2D eigenvalue weighted by Gasteiger charge is -2.14. The van der Waals surface area contributed by atoms with E-state index >= 15 is 0 Å². The molecule has 1 rings (SSSR count). The largest absolute Gasteiger partial charge is 0.391 e. The highest BCUT2D eigenvalue weighted by Crippen LogP contribution is 2.09. The first-order valence-electron chi connectivity index (χ1n) is 5.26. The third-order valence-electron chi connectivity index (χ3n) is 2.05. The van der Waals surface area contributed by atoms with Crippen LogP contribution in [0.1, 0.15) is 26.0 Å². The number of anilines is 1. The minimum absolute atomic E-state index is 0.249. The molecule has 0 saturated heterocycles. The maximum atomic E-state index is 9.65. The van der Waals surface area contributed by atoms with Crippen LogP contribution in [0.5, 0.6) is 0 Å². The molecule has 1 atom stereocenters. The molecule has 0 radical (unpaired) electrons. The zero-order chi connectivity index (χ0) is 12.0. The van der Waals surface area contributed by atoms with Crippen LogP contribution in [0, 0.1) is 17.2 Å². The molecule has 0 aliphatic carbocycles. The monoisotopic (exact) mass is 220 g/mol. The van der Waals surface area contributed by atoms with Crippen LogP contribution in [0.25, 0.3) is 0 Å². The quantitative estimate of drug-likeness (QED) is 0.778. The van der Waals surface area contributed by atoms with Crippen LogP contribution < -0.4 is 5.32 Å². The fraction of sp³-hybridized carbons (Fsp3) is 0.545. The van der Waals surface area contributed by atoms with Gasteiger partial charge in [0.1, 0.15) is 6.07 Å². The maximum absolute atomic E-state index is 9.65. The highest BCUT2D eigenvalue weighted by atomic mass is 16.3. The van der Waals surface area contributed by atoms with Gasteiger partial charge in [0.25, 0.3) is 0 Å². The first-order valence-corrected chi connectivity index (χ1v) is 5.26. The molecule has 0 bridgehead atoms. The smallest absolute Gasteiger partial charge is 0.182 e. The van der Waals surface area contributed by atoms with Crippen molar-refractivity contribution < 1.29 is 5.11 Å². The Morgan fingerprint density at radius 2 is 2.12 bits per heavy atom. The van der Waals surface area contributed by atoms with E-state index in [0.717, 1.165) is 6.42 Å². The molecule has 1 heterocycles. The third kappa shape index (κ3) is 3.83. The van der Waals surface area contributed by atoms with Crippen LogP contribution in [-0.2, 0) is 0 Å². The molecule has 1 aromatic heterocycles. The number of nitrogens with one attached hydrogen (secondary N) is 1. The van der Waals surface area contributed by atoms with Gasteiger partial charge in [-0.1, -0.05) is 13.8 Å². The van der Waals surface area contributed by atoms with Gasteiger partial charge in [-0.05, 0) is 12.3 Å². The molecule has 86 valence electrons. The summed E-state index contributed by atoms with van der Waals surface area (Å²) in [4.78, 5) is 7.86. The van der Waals surface area contributed by atoms with Crippen LogP contribution >= 0.6 is 0 Å². The molecule has 0 saturated carbocycles. The van der Waals surface area contributed by atoms with Crippen molar-refractivity contribution in [3.05, 3.63) is 18.1 Å². The van der Waals surface area contributed by atoms with Crippen molar-refractivity contribution in [1.82, 2.24) is 9.97 Å². The Morgan fingerprint density at radius 3 is 2.75 bits per heavy atom. The summed E-state index contributed by atoms with van der Waals surface area (Å²) in [7, 11) is 0. The van der Waals surface area contributed by atoms with E-state index in [0.29, 0.717) is 18.3 Å². The summed E-state index contributed by atoms with van der Waals surface area (Å²) in [6, 6.07) is 1.94. The molecular formula is C11H16N4O. The highest BCUT2D eigenvalue weighted by Gasteiger charge is 2.09. The summed E-state index contributed by atoms with van der Waals surface area (Å²) in [5.74, 6) is 0.863. The Hall–Kier alpha value is -1.67. The first-order chi connectivity index (χ1) is 7.63. The normalized spacial score (nSPS) is 12.2. The van der Waals surface area contributed by atoms with Gasteiger partial charge in [-0.15, -0.1) is 0 Å². The number of aromatic nitrogens is 2. The molecule has 0 amide bonds. The zero-order valence-corrected chi connectivity index (χ0v) is 9.51. The summed E-state index contributed by atoms with van der Waals surface area (Å²) >= 11 is 0. The second-order valence-electron chi connectivity index (χ2n) is 4.03. The summed E-state index contributed by atoms with van der Waals surface area (Å²) in [6.45, 7) is 4.48. The van der Waals surface area contributed by atoms with Crippen molar-refractivity contribution in [3.8, 4) is 6.07 Å². The second-order valence-corrected chi connectivity index (χ2v) is 4.03. The topological polar surface area (TPSA) is 81.8 Å². The van der Waals surface area contributed by atoms with Crippen molar-refractivity contribution in [3.63, 3.8) is 0 Å². The average Bonchev–Trinajstić information content (AvgIpc) is 2.26. The SMILES string of the molecule is CC(C)CC(O)CNc1nccnc1C#N. The Kier molecular flexibility index (Phi) is 4.67. The molecule has 5 nitrogen and oxygen atoms in total. The van der Waals surface area contributed by atoms with Crippen molar-refractivity contribution in [2.24, 2.45) is 5.92 Å². The fourth-order valence-electron chi connectivity index (χ4n) is 1.39. The summed E-state index contributed by atoms with van der Waals surface area (Å²) in [5, 5.41) is 21.3. The maximum Gasteiger partial charge on any atom is 0.182 e. The van der Waals surface area contributed by atoms with Gasteiger partial charge in [0.05, 0.1) is 6.10 Å². The van der Waals surface area contributed by atoms with Gasteiger partial charge in [0.15, 0.2) is 11.5 Å². The first kappa shape index (κ1) is 12.4. The lowest BCUT2D eigenvalue weighted by Crippen LogP contribution is -2.22. The van der Waals surface area contributed by atoms with E-state index in [1.165, 1.54) is 12.4 Å². The van der Waals surface area contributed by atoms with Crippen molar-refractivity contribution in [1.29, 1.82) is 5.26 Å². The van der Waals surface area contributed by atoms with Crippen molar-refractivity contribution >= 4 is 5.82 Å².